The van der Waals surface area contributed by atoms with E-state index in [1.54, 1.807) is 0 Å². The van der Waals surface area contributed by atoms with Crippen LogP contribution in [0.1, 0.15) is 68.9 Å². The molecule has 1 fully saturated rings. The van der Waals surface area contributed by atoms with E-state index in [-0.39, 0.29) is 28.8 Å². The standard InChI is InChI=1S/C29H37N3O.BrH/c1-22(2)11-10-18-31-19-20-32(23(31)3)27-17-16-26(21-27)29(28(30)33,24-12-6-4-7-13-24)25-14-8-5-9-15-25;/h4-9,12-15,19-20,22,26-27H,10-11,16-18,21H2,1-3H3,(H-,30,33);1H. The van der Waals surface area contributed by atoms with Crippen molar-refractivity contribution in [2.75, 3.05) is 0 Å². The van der Waals surface area contributed by atoms with Crippen molar-refractivity contribution >= 4 is 5.91 Å². The number of carbonyl (C=O) groups is 1. The van der Waals surface area contributed by atoms with Crippen molar-refractivity contribution in [3.05, 3.63) is 90.0 Å². The van der Waals surface area contributed by atoms with Crippen LogP contribution >= 0.6 is 0 Å². The Hall–Kier alpha value is -2.40. The van der Waals surface area contributed by atoms with Crippen molar-refractivity contribution in [2.45, 2.75) is 70.9 Å². The summed E-state index contributed by atoms with van der Waals surface area (Å²) in [4.78, 5) is 13.3. The number of benzene rings is 2. The summed E-state index contributed by atoms with van der Waals surface area (Å²) in [6, 6.07) is 20.7. The van der Waals surface area contributed by atoms with Crippen LogP contribution in [0, 0.1) is 18.8 Å². The van der Waals surface area contributed by atoms with Crippen LogP contribution in [0.2, 0.25) is 0 Å². The molecular formula is C29H38BrN3O. The Morgan fingerprint density at radius 2 is 1.65 bits per heavy atom. The minimum Gasteiger partial charge on any atom is -1.00 e. The molecule has 0 bridgehead atoms. The molecule has 4 nitrogen and oxygen atoms in total. The van der Waals surface area contributed by atoms with Crippen molar-refractivity contribution in [1.82, 2.24) is 4.57 Å². The molecular weight excluding hydrogens is 486 g/mol. The molecule has 0 aliphatic heterocycles. The third-order valence-corrected chi connectivity index (χ3v) is 7.63. The lowest BCUT2D eigenvalue weighted by atomic mass is 9.64. The van der Waals surface area contributed by atoms with Crippen LogP contribution in [0.4, 0.5) is 0 Å². The molecule has 5 heteroatoms. The van der Waals surface area contributed by atoms with Crippen LogP contribution in [0.15, 0.2) is 73.1 Å². The molecule has 1 amide bonds. The average Bonchev–Trinajstić information content (AvgIpc) is 3.43. The van der Waals surface area contributed by atoms with Crippen LogP contribution in [0.5, 0.6) is 0 Å². The summed E-state index contributed by atoms with van der Waals surface area (Å²) in [5.74, 6) is 1.94. The van der Waals surface area contributed by atoms with E-state index < -0.39 is 5.41 Å². The van der Waals surface area contributed by atoms with Gasteiger partial charge in [0.15, 0.2) is 0 Å². The number of halogens is 1. The van der Waals surface area contributed by atoms with Crippen molar-refractivity contribution in [2.24, 2.45) is 17.6 Å². The van der Waals surface area contributed by atoms with Crippen LogP contribution in [0.25, 0.3) is 0 Å². The number of aryl methyl sites for hydroxylation is 1. The molecule has 1 aliphatic rings. The van der Waals surface area contributed by atoms with Gasteiger partial charge in [-0.25, -0.2) is 9.13 Å². The minimum atomic E-state index is -0.814. The lowest BCUT2D eigenvalue weighted by Gasteiger charge is -2.37. The third kappa shape index (κ3) is 5.00. The van der Waals surface area contributed by atoms with Crippen LogP contribution in [-0.4, -0.2) is 10.5 Å². The molecule has 1 heterocycles. The minimum absolute atomic E-state index is 0. The number of nitrogens with two attached hydrogens (primary N) is 1. The van der Waals surface area contributed by atoms with Crippen LogP contribution in [0.3, 0.4) is 0 Å². The van der Waals surface area contributed by atoms with E-state index in [2.05, 4.69) is 66.6 Å². The van der Waals surface area contributed by atoms with Gasteiger partial charge in [0.1, 0.15) is 23.9 Å². The average molecular weight is 525 g/mol. The monoisotopic (exact) mass is 523 g/mol. The van der Waals surface area contributed by atoms with Gasteiger partial charge in [0.2, 0.25) is 5.91 Å². The smallest absolute Gasteiger partial charge is 0.253 e. The molecule has 1 aromatic heterocycles. The molecule has 0 spiro atoms. The second-order valence-electron chi connectivity index (χ2n) is 10.1. The maximum atomic E-state index is 13.3. The summed E-state index contributed by atoms with van der Waals surface area (Å²) >= 11 is 0. The summed E-state index contributed by atoms with van der Waals surface area (Å²) in [7, 11) is 0. The summed E-state index contributed by atoms with van der Waals surface area (Å²) < 4.78 is 4.81. The lowest BCUT2D eigenvalue weighted by Crippen LogP contribution is -3.00. The Morgan fingerprint density at radius 1 is 1.06 bits per heavy atom. The number of nitrogens with zero attached hydrogens (tertiary/aromatic N) is 2. The number of rotatable bonds is 9. The van der Waals surface area contributed by atoms with Gasteiger partial charge in [0.25, 0.3) is 5.82 Å². The number of amides is 1. The van der Waals surface area contributed by atoms with Crippen LogP contribution < -0.4 is 27.3 Å². The first-order valence-electron chi connectivity index (χ1n) is 12.4. The molecule has 2 unspecified atom stereocenters. The Kier molecular flexibility index (Phi) is 8.75. The maximum absolute atomic E-state index is 13.3. The molecule has 3 aromatic rings. The summed E-state index contributed by atoms with van der Waals surface area (Å²) in [5, 5.41) is 0. The fourth-order valence-electron chi connectivity index (χ4n) is 5.94. The third-order valence-electron chi connectivity index (χ3n) is 7.63. The van der Waals surface area contributed by atoms with Gasteiger partial charge in [-0.1, -0.05) is 74.5 Å². The molecule has 182 valence electrons. The van der Waals surface area contributed by atoms with Gasteiger partial charge >= 0.3 is 0 Å². The number of hydrogen-bond acceptors (Lipinski definition) is 1. The summed E-state index contributed by atoms with van der Waals surface area (Å²) in [5.41, 5.74) is 7.45. The van der Waals surface area contributed by atoms with Gasteiger partial charge in [0, 0.05) is 6.92 Å². The Bertz CT molecular complexity index is 1020. The highest BCUT2D eigenvalue weighted by molar-refractivity contribution is 5.91. The Labute approximate surface area is 215 Å². The number of imidazole rings is 1. The van der Waals surface area contributed by atoms with Gasteiger partial charge in [-0.15, -0.1) is 0 Å². The first kappa shape index (κ1) is 26.2. The highest BCUT2D eigenvalue weighted by atomic mass is 79.9. The zero-order chi connectivity index (χ0) is 23.4. The van der Waals surface area contributed by atoms with E-state index in [0.717, 1.165) is 42.9 Å². The van der Waals surface area contributed by atoms with Crippen molar-refractivity contribution in [1.29, 1.82) is 0 Å². The predicted octanol–water partition coefficient (Wildman–Crippen LogP) is 2.34. The van der Waals surface area contributed by atoms with Gasteiger partial charge in [-0.2, -0.15) is 0 Å². The van der Waals surface area contributed by atoms with Gasteiger partial charge in [-0.3, -0.25) is 4.79 Å². The van der Waals surface area contributed by atoms with Crippen molar-refractivity contribution in [3.63, 3.8) is 0 Å². The number of aromatic nitrogens is 2. The Morgan fingerprint density at radius 3 is 2.18 bits per heavy atom. The fraction of sp³-hybridized carbons (Fsp3) is 0.448. The van der Waals surface area contributed by atoms with Gasteiger partial charge in [0.05, 0.1) is 6.54 Å². The second kappa shape index (κ2) is 11.4. The zero-order valence-corrected chi connectivity index (χ0v) is 22.2. The van der Waals surface area contributed by atoms with E-state index in [1.807, 2.05) is 36.4 Å². The molecule has 34 heavy (non-hydrogen) atoms. The maximum Gasteiger partial charge on any atom is 0.253 e. The van der Waals surface area contributed by atoms with E-state index >= 15 is 0 Å². The summed E-state index contributed by atoms with van der Waals surface area (Å²) in [6.45, 7) is 7.85. The quantitative estimate of drug-likeness (QED) is 0.430. The molecule has 0 saturated heterocycles. The highest BCUT2D eigenvalue weighted by Gasteiger charge is 2.51. The second-order valence-corrected chi connectivity index (χ2v) is 10.1. The molecule has 0 radical (unpaired) electrons. The molecule has 2 N–H and O–H groups in total. The molecule has 2 atom stereocenters. The summed E-state index contributed by atoms with van der Waals surface area (Å²) in [6.07, 6.45) is 9.87. The number of hydrogen-bond donors (Lipinski definition) is 1. The van der Waals surface area contributed by atoms with Gasteiger partial charge < -0.3 is 22.7 Å². The zero-order valence-electron chi connectivity index (χ0n) is 20.7. The molecule has 1 aliphatic carbocycles. The highest BCUT2D eigenvalue weighted by Crippen LogP contribution is 2.49. The Balaban J connectivity index is 0.00000324. The van der Waals surface area contributed by atoms with Gasteiger partial charge in [-0.05, 0) is 55.1 Å². The lowest BCUT2D eigenvalue weighted by molar-refractivity contribution is -0.703. The van der Waals surface area contributed by atoms with E-state index in [1.165, 1.54) is 18.7 Å². The van der Waals surface area contributed by atoms with Crippen molar-refractivity contribution in [3.8, 4) is 0 Å². The largest absolute Gasteiger partial charge is 1.00 e. The van der Waals surface area contributed by atoms with E-state index in [4.69, 9.17) is 5.73 Å². The van der Waals surface area contributed by atoms with Crippen LogP contribution in [-0.2, 0) is 16.8 Å². The molecule has 1 saturated carbocycles. The topological polar surface area (TPSA) is 51.9 Å². The predicted molar refractivity (Wildman–Crippen MR) is 133 cm³/mol. The van der Waals surface area contributed by atoms with Crippen molar-refractivity contribution < 1.29 is 26.3 Å². The number of carbonyl (C=O) groups excluding carboxylic acids is 1. The first-order valence-corrected chi connectivity index (χ1v) is 12.4. The van der Waals surface area contributed by atoms with E-state index in [0.29, 0.717) is 6.04 Å². The normalized spacial score (nSPS) is 18.1. The molecule has 4 rings (SSSR count). The molecule has 2 aromatic carbocycles. The van der Waals surface area contributed by atoms with E-state index in [9.17, 15) is 4.79 Å². The fourth-order valence-corrected chi connectivity index (χ4v) is 5.94. The first-order chi connectivity index (χ1) is 15.9. The SMILES string of the molecule is Cc1n(C2CCC(C(C(N)=O)(c3ccccc3)c3ccccc3)C2)cc[n+]1CCCC(C)C.[Br-]. The number of primary amides is 1.